The molecule has 0 rings (SSSR count). The molecule has 1 unspecified atom stereocenters. The van der Waals surface area contributed by atoms with Gasteiger partial charge in [0.05, 0.1) is 0 Å². The van der Waals surface area contributed by atoms with Gasteiger partial charge < -0.3 is 5.73 Å². The van der Waals surface area contributed by atoms with E-state index in [4.69, 9.17) is 5.73 Å². The van der Waals surface area contributed by atoms with Crippen molar-refractivity contribution in [2.75, 3.05) is 0 Å². The maximum absolute atomic E-state index is 5.25. The molecule has 3 heteroatoms. The molecule has 1 atom stereocenters. The second-order valence-electron chi connectivity index (χ2n) is 3.56. The molecule has 0 bridgehead atoms. The van der Waals surface area contributed by atoms with Gasteiger partial charge in [-0.3, -0.25) is 0 Å². The van der Waals surface area contributed by atoms with Crippen molar-refractivity contribution >= 4 is 21.6 Å². The van der Waals surface area contributed by atoms with Gasteiger partial charge in [0.1, 0.15) is 0 Å². The Hall–Kier alpha value is -0.280. The minimum Gasteiger partial charge on any atom is -0.405 e. The fraction of sp³-hybridized carbons (Fsp3) is 0.500. The minimum atomic E-state index is 0.670. The first-order chi connectivity index (χ1) is 7.11. The quantitative estimate of drug-likeness (QED) is 0.555. The molecule has 0 spiro atoms. The van der Waals surface area contributed by atoms with Crippen LogP contribution >= 0.6 is 21.6 Å². The number of nitrogens with two attached hydrogens (primary N) is 1. The van der Waals surface area contributed by atoms with Crippen LogP contribution in [0.5, 0.6) is 0 Å². The molecule has 86 valence electrons. The van der Waals surface area contributed by atoms with Gasteiger partial charge in [-0.05, 0) is 31.2 Å². The predicted octanol–water partition coefficient (Wildman–Crippen LogP) is 4.34. The Bertz CT molecular complexity index is 242. The van der Waals surface area contributed by atoms with Crippen LogP contribution in [0.15, 0.2) is 35.4 Å². The number of rotatable bonds is 6. The highest BCUT2D eigenvalue weighted by Crippen LogP contribution is 2.36. The normalized spacial score (nSPS) is 15.7. The Kier molecular flexibility index (Phi) is 8.82. The zero-order valence-corrected chi connectivity index (χ0v) is 11.6. The summed E-state index contributed by atoms with van der Waals surface area (Å²) in [7, 11) is 3.74. The smallest absolute Gasteiger partial charge is 0.0149 e. The molecule has 1 nitrogen and oxygen atoms in total. The molecular formula is C12H21NS2. The standard InChI is InChI=1S/C12H21NS2/c1-5-12(8-6-7-9-13)15-14-11(4)10(2)3/h5-11H,13H2,1-4H3/b8-6-,9-7-,12-5+. The van der Waals surface area contributed by atoms with Crippen LogP contribution in [0.3, 0.4) is 0 Å². The van der Waals surface area contributed by atoms with Gasteiger partial charge in [0.2, 0.25) is 0 Å². The van der Waals surface area contributed by atoms with E-state index in [0.29, 0.717) is 11.2 Å². The van der Waals surface area contributed by atoms with Gasteiger partial charge in [-0.1, -0.05) is 54.5 Å². The summed E-state index contributed by atoms with van der Waals surface area (Å²) in [6.45, 7) is 8.82. The summed E-state index contributed by atoms with van der Waals surface area (Å²) in [6, 6.07) is 0. The van der Waals surface area contributed by atoms with E-state index in [0.717, 1.165) is 0 Å². The van der Waals surface area contributed by atoms with Gasteiger partial charge in [0, 0.05) is 10.2 Å². The Morgan fingerprint density at radius 2 is 1.87 bits per heavy atom. The van der Waals surface area contributed by atoms with Gasteiger partial charge in [-0.2, -0.15) is 0 Å². The second-order valence-corrected chi connectivity index (χ2v) is 6.22. The van der Waals surface area contributed by atoms with E-state index in [1.807, 2.05) is 33.7 Å². The van der Waals surface area contributed by atoms with E-state index < -0.39 is 0 Å². The number of allylic oxidation sites excluding steroid dienone is 4. The summed E-state index contributed by atoms with van der Waals surface area (Å²) in [5.41, 5.74) is 5.25. The van der Waals surface area contributed by atoms with E-state index in [1.165, 1.54) is 4.91 Å². The SMILES string of the molecule is C\C=C(/C=C\C=C/N)SSC(C)C(C)C. The molecule has 0 aromatic heterocycles. The lowest BCUT2D eigenvalue weighted by Crippen LogP contribution is -2.03. The third kappa shape index (κ3) is 7.63. The topological polar surface area (TPSA) is 26.0 Å². The monoisotopic (exact) mass is 243 g/mol. The second kappa shape index (κ2) is 8.98. The summed E-state index contributed by atoms with van der Waals surface area (Å²) in [5, 5.41) is 0.670. The molecular weight excluding hydrogens is 222 g/mol. The van der Waals surface area contributed by atoms with Crippen LogP contribution < -0.4 is 5.73 Å². The van der Waals surface area contributed by atoms with Gasteiger partial charge in [0.15, 0.2) is 0 Å². The lowest BCUT2D eigenvalue weighted by atomic mass is 10.2. The van der Waals surface area contributed by atoms with E-state index in [2.05, 4.69) is 39.8 Å². The molecule has 0 aliphatic carbocycles. The van der Waals surface area contributed by atoms with Crippen molar-refractivity contribution in [1.82, 2.24) is 0 Å². The molecule has 0 aliphatic heterocycles. The van der Waals surface area contributed by atoms with Crippen LogP contribution in [0.25, 0.3) is 0 Å². The lowest BCUT2D eigenvalue weighted by molar-refractivity contribution is 0.645. The number of hydrogen-bond donors (Lipinski definition) is 1. The maximum atomic E-state index is 5.25. The van der Waals surface area contributed by atoms with E-state index in [-0.39, 0.29) is 0 Å². The van der Waals surface area contributed by atoms with Crippen molar-refractivity contribution in [3.05, 3.63) is 35.4 Å². The van der Waals surface area contributed by atoms with Crippen molar-refractivity contribution in [1.29, 1.82) is 0 Å². The van der Waals surface area contributed by atoms with Gasteiger partial charge in [-0.15, -0.1) is 0 Å². The van der Waals surface area contributed by atoms with Crippen LogP contribution in [0.1, 0.15) is 27.7 Å². The third-order valence-corrected chi connectivity index (χ3v) is 5.29. The zero-order valence-electron chi connectivity index (χ0n) is 9.94. The first-order valence-corrected chi connectivity index (χ1v) is 7.37. The van der Waals surface area contributed by atoms with Crippen LogP contribution in [0.4, 0.5) is 0 Å². The van der Waals surface area contributed by atoms with Crippen LogP contribution in [0, 0.1) is 5.92 Å². The summed E-state index contributed by atoms with van der Waals surface area (Å²) >= 11 is 0. The summed E-state index contributed by atoms with van der Waals surface area (Å²) in [5.74, 6) is 0.716. The zero-order chi connectivity index (χ0) is 11.7. The highest BCUT2D eigenvalue weighted by molar-refractivity contribution is 8.78. The average molecular weight is 243 g/mol. The van der Waals surface area contributed by atoms with Crippen LogP contribution in [-0.4, -0.2) is 5.25 Å². The number of hydrogen-bond acceptors (Lipinski definition) is 3. The average Bonchev–Trinajstić information content (AvgIpc) is 2.22. The van der Waals surface area contributed by atoms with Crippen LogP contribution in [0.2, 0.25) is 0 Å². The fourth-order valence-electron chi connectivity index (χ4n) is 0.629. The minimum absolute atomic E-state index is 0.670. The van der Waals surface area contributed by atoms with Crippen molar-refractivity contribution in [2.24, 2.45) is 11.7 Å². The van der Waals surface area contributed by atoms with Crippen molar-refractivity contribution in [3.63, 3.8) is 0 Å². The Morgan fingerprint density at radius 1 is 1.20 bits per heavy atom. The maximum Gasteiger partial charge on any atom is 0.0149 e. The summed E-state index contributed by atoms with van der Waals surface area (Å²) in [6.07, 6.45) is 9.53. The van der Waals surface area contributed by atoms with E-state index in [9.17, 15) is 0 Å². The van der Waals surface area contributed by atoms with Crippen molar-refractivity contribution < 1.29 is 0 Å². The predicted molar refractivity (Wildman–Crippen MR) is 75.7 cm³/mol. The van der Waals surface area contributed by atoms with Crippen molar-refractivity contribution in [3.8, 4) is 0 Å². The molecule has 0 fully saturated rings. The molecule has 0 aliphatic rings. The van der Waals surface area contributed by atoms with Crippen molar-refractivity contribution in [2.45, 2.75) is 32.9 Å². The Balaban J connectivity index is 4.02. The lowest BCUT2D eigenvalue weighted by Gasteiger charge is -2.13. The molecule has 2 N–H and O–H groups in total. The van der Waals surface area contributed by atoms with Gasteiger partial charge in [0.25, 0.3) is 0 Å². The van der Waals surface area contributed by atoms with Gasteiger partial charge >= 0.3 is 0 Å². The molecule has 0 saturated carbocycles. The highest BCUT2D eigenvalue weighted by atomic mass is 33.1. The Morgan fingerprint density at radius 3 is 2.33 bits per heavy atom. The van der Waals surface area contributed by atoms with Crippen LogP contribution in [-0.2, 0) is 0 Å². The molecule has 0 amide bonds. The molecule has 0 aromatic carbocycles. The molecule has 0 saturated heterocycles. The first kappa shape index (κ1) is 14.7. The largest absolute Gasteiger partial charge is 0.405 e. The molecule has 0 heterocycles. The highest BCUT2D eigenvalue weighted by Gasteiger charge is 2.08. The fourth-order valence-corrected chi connectivity index (χ4v) is 3.26. The van der Waals surface area contributed by atoms with Gasteiger partial charge in [-0.25, -0.2) is 0 Å². The molecule has 15 heavy (non-hydrogen) atoms. The third-order valence-electron chi connectivity index (χ3n) is 2.00. The first-order valence-electron chi connectivity index (χ1n) is 5.16. The summed E-state index contributed by atoms with van der Waals surface area (Å²) < 4.78 is 0. The molecule has 0 aromatic rings. The van der Waals surface area contributed by atoms with E-state index >= 15 is 0 Å². The molecule has 0 radical (unpaired) electrons. The Labute approximate surface area is 102 Å². The summed E-state index contributed by atoms with van der Waals surface area (Å²) in [4.78, 5) is 1.27. The van der Waals surface area contributed by atoms with E-state index in [1.54, 1.807) is 6.20 Å².